The van der Waals surface area contributed by atoms with Crippen LogP contribution in [0.1, 0.15) is 25.3 Å². The molecular weight excluding hydrogens is 372 g/mol. The molecule has 0 aliphatic carbocycles. The fourth-order valence-corrected chi connectivity index (χ4v) is 3.91. The number of hydrogen-bond acceptors (Lipinski definition) is 7. The highest BCUT2D eigenvalue weighted by atomic mass is 16.5. The summed E-state index contributed by atoms with van der Waals surface area (Å²) in [6.07, 6.45) is 1.18. The number of morpholine rings is 1. The van der Waals surface area contributed by atoms with Crippen molar-refractivity contribution in [2.24, 2.45) is 5.92 Å². The van der Waals surface area contributed by atoms with Gasteiger partial charge in [-0.25, -0.2) is 0 Å². The van der Waals surface area contributed by atoms with Gasteiger partial charge in [-0.3, -0.25) is 14.6 Å². The van der Waals surface area contributed by atoms with Crippen molar-refractivity contribution in [3.8, 4) is 5.75 Å². The molecule has 0 spiro atoms. The molecule has 0 amide bonds. The lowest BCUT2D eigenvalue weighted by atomic mass is 9.96. The Bertz CT molecular complexity index is 627. The molecule has 2 fully saturated rings. The lowest BCUT2D eigenvalue weighted by Gasteiger charge is -2.30. The van der Waals surface area contributed by atoms with Gasteiger partial charge in [0.2, 0.25) is 0 Å². The van der Waals surface area contributed by atoms with Crippen LogP contribution in [0.15, 0.2) is 24.3 Å². The van der Waals surface area contributed by atoms with Gasteiger partial charge in [-0.05, 0) is 50.6 Å². The van der Waals surface area contributed by atoms with Crippen LogP contribution in [0.5, 0.6) is 5.75 Å². The molecule has 0 aromatic heterocycles. The van der Waals surface area contributed by atoms with Crippen LogP contribution in [-0.4, -0.2) is 86.1 Å². The summed E-state index contributed by atoms with van der Waals surface area (Å²) in [7, 11) is 0. The van der Waals surface area contributed by atoms with Gasteiger partial charge in [0, 0.05) is 26.2 Å². The largest absolute Gasteiger partial charge is 0.491 e. The summed E-state index contributed by atoms with van der Waals surface area (Å²) in [5.74, 6) is 0.761. The van der Waals surface area contributed by atoms with Gasteiger partial charge in [-0.15, -0.1) is 0 Å². The molecule has 29 heavy (non-hydrogen) atoms. The third kappa shape index (κ3) is 7.26. The molecule has 2 saturated heterocycles. The number of aliphatic hydroxyl groups excluding tert-OH is 1. The van der Waals surface area contributed by atoms with E-state index in [1.807, 2.05) is 25.1 Å². The van der Waals surface area contributed by atoms with Gasteiger partial charge in [0.05, 0.1) is 25.7 Å². The zero-order valence-corrected chi connectivity index (χ0v) is 17.4. The van der Waals surface area contributed by atoms with Crippen molar-refractivity contribution in [2.45, 2.75) is 32.4 Å². The Hall–Kier alpha value is -1.67. The zero-order valence-electron chi connectivity index (χ0n) is 17.4. The summed E-state index contributed by atoms with van der Waals surface area (Å²) in [4.78, 5) is 16.4. The Labute approximate surface area is 173 Å². The molecule has 1 N–H and O–H groups in total. The SMILES string of the molecule is CCOC(=O)C1CCN(Cc2cccc(OC[C@H](O)CN3CCOCC3)c2)CC1. The Morgan fingerprint density at radius 2 is 1.97 bits per heavy atom. The van der Waals surface area contributed by atoms with Crippen LogP contribution in [0.3, 0.4) is 0 Å². The summed E-state index contributed by atoms with van der Waals surface area (Å²) in [6.45, 7) is 9.00. The minimum Gasteiger partial charge on any atom is -0.491 e. The van der Waals surface area contributed by atoms with Crippen molar-refractivity contribution < 1.29 is 24.1 Å². The number of esters is 1. The highest BCUT2D eigenvalue weighted by Crippen LogP contribution is 2.22. The normalized spacial score (nSPS) is 20.3. The molecule has 2 aliphatic heterocycles. The van der Waals surface area contributed by atoms with Gasteiger partial charge in [0.15, 0.2) is 0 Å². The van der Waals surface area contributed by atoms with Crippen LogP contribution in [0, 0.1) is 5.92 Å². The van der Waals surface area contributed by atoms with Crippen molar-refractivity contribution in [3.63, 3.8) is 0 Å². The van der Waals surface area contributed by atoms with Gasteiger partial charge in [0.1, 0.15) is 18.5 Å². The topological polar surface area (TPSA) is 71.5 Å². The average Bonchev–Trinajstić information content (AvgIpc) is 2.74. The molecule has 1 aromatic carbocycles. The van der Waals surface area contributed by atoms with Crippen LogP contribution in [-0.2, 0) is 20.8 Å². The van der Waals surface area contributed by atoms with Crippen molar-refractivity contribution in [1.29, 1.82) is 0 Å². The molecular formula is C22H34N2O5. The van der Waals surface area contributed by atoms with E-state index in [0.29, 0.717) is 13.2 Å². The van der Waals surface area contributed by atoms with E-state index in [1.165, 1.54) is 5.56 Å². The van der Waals surface area contributed by atoms with E-state index in [9.17, 15) is 9.90 Å². The second kappa shape index (κ2) is 11.5. The number of benzene rings is 1. The Morgan fingerprint density at radius 1 is 1.21 bits per heavy atom. The number of carbonyl (C=O) groups excluding carboxylic acids is 1. The highest BCUT2D eigenvalue weighted by molar-refractivity contribution is 5.72. The third-order valence-electron chi connectivity index (χ3n) is 5.53. The first-order chi connectivity index (χ1) is 14.1. The number of likely N-dealkylation sites (tertiary alicyclic amines) is 1. The summed E-state index contributed by atoms with van der Waals surface area (Å²) >= 11 is 0. The number of β-amino-alcohol motifs (C(OH)–C–C–N with tert-alkyl or cyclic N) is 1. The van der Waals surface area contributed by atoms with E-state index in [2.05, 4.69) is 15.9 Å². The van der Waals surface area contributed by atoms with E-state index in [4.69, 9.17) is 14.2 Å². The first-order valence-electron chi connectivity index (χ1n) is 10.7. The van der Waals surface area contributed by atoms with Gasteiger partial charge in [-0.2, -0.15) is 0 Å². The first-order valence-corrected chi connectivity index (χ1v) is 10.7. The fraction of sp³-hybridized carbons (Fsp3) is 0.682. The first kappa shape index (κ1) is 22.0. The van der Waals surface area contributed by atoms with Gasteiger partial charge in [0.25, 0.3) is 0 Å². The molecule has 0 radical (unpaired) electrons. The van der Waals surface area contributed by atoms with Crippen LogP contribution in [0.2, 0.25) is 0 Å². The minimum absolute atomic E-state index is 0.0359. The van der Waals surface area contributed by atoms with Crippen molar-refractivity contribution in [2.75, 3.05) is 59.2 Å². The number of hydrogen-bond donors (Lipinski definition) is 1. The summed E-state index contributed by atoms with van der Waals surface area (Å²) in [6, 6.07) is 8.05. The maximum atomic E-state index is 11.9. The predicted octanol–water partition coefficient (Wildman–Crippen LogP) is 1.53. The summed E-state index contributed by atoms with van der Waals surface area (Å²) in [5.41, 5.74) is 1.18. The molecule has 2 heterocycles. The number of carbonyl (C=O) groups is 1. The van der Waals surface area contributed by atoms with Crippen molar-refractivity contribution >= 4 is 5.97 Å². The van der Waals surface area contributed by atoms with E-state index < -0.39 is 6.10 Å². The fourth-order valence-electron chi connectivity index (χ4n) is 3.91. The Balaban J connectivity index is 1.41. The molecule has 0 bridgehead atoms. The number of aliphatic hydroxyl groups is 1. The summed E-state index contributed by atoms with van der Waals surface area (Å²) in [5, 5.41) is 10.2. The third-order valence-corrected chi connectivity index (χ3v) is 5.53. The monoisotopic (exact) mass is 406 g/mol. The van der Waals surface area contributed by atoms with Gasteiger partial charge < -0.3 is 19.3 Å². The maximum absolute atomic E-state index is 11.9. The lowest BCUT2D eigenvalue weighted by molar-refractivity contribution is -0.149. The molecule has 0 unspecified atom stereocenters. The van der Waals surface area contributed by atoms with Crippen LogP contribution in [0.4, 0.5) is 0 Å². The van der Waals surface area contributed by atoms with Crippen molar-refractivity contribution in [1.82, 2.24) is 9.80 Å². The maximum Gasteiger partial charge on any atom is 0.309 e. The lowest BCUT2D eigenvalue weighted by Crippen LogP contribution is -2.42. The van der Waals surface area contributed by atoms with Gasteiger partial charge in [-0.1, -0.05) is 12.1 Å². The molecule has 1 atom stereocenters. The second-order valence-electron chi connectivity index (χ2n) is 7.83. The molecule has 0 saturated carbocycles. The number of rotatable bonds is 9. The van der Waals surface area contributed by atoms with Crippen LogP contribution in [0.25, 0.3) is 0 Å². The summed E-state index contributed by atoms with van der Waals surface area (Å²) < 4.78 is 16.3. The molecule has 7 nitrogen and oxygen atoms in total. The Morgan fingerprint density at radius 3 is 2.69 bits per heavy atom. The molecule has 1 aromatic rings. The smallest absolute Gasteiger partial charge is 0.309 e. The van der Waals surface area contributed by atoms with E-state index in [1.54, 1.807) is 0 Å². The molecule has 2 aliphatic rings. The minimum atomic E-state index is -0.515. The number of ether oxygens (including phenoxy) is 3. The van der Waals surface area contributed by atoms with Crippen LogP contribution < -0.4 is 4.74 Å². The van der Waals surface area contributed by atoms with E-state index in [-0.39, 0.29) is 18.5 Å². The zero-order chi connectivity index (χ0) is 20.5. The van der Waals surface area contributed by atoms with Crippen LogP contribution >= 0.6 is 0 Å². The molecule has 162 valence electrons. The predicted molar refractivity (Wildman–Crippen MR) is 110 cm³/mol. The quantitative estimate of drug-likeness (QED) is 0.624. The molecule has 3 rings (SSSR count). The number of nitrogens with zero attached hydrogens (tertiary/aromatic N) is 2. The van der Waals surface area contributed by atoms with E-state index >= 15 is 0 Å². The van der Waals surface area contributed by atoms with Crippen molar-refractivity contribution in [3.05, 3.63) is 29.8 Å². The average molecular weight is 407 g/mol. The molecule has 7 heteroatoms. The van der Waals surface area contributed by atoms with Gasteiger partial charge >= 0.3 is 5.97 Å². The highest BCUT2D eigenvalue weighted by Gasteiger charge is 2.25. The second-order valence-corrected chi connectivity index (χ2v) is 7.83. The number of piperidine rings is 1. The Kier molecular flexibility index (Phi) is 8.73. The standard InChI is InChI=1S/C22H34N2O5/c1-2-28-22(26)19-6-8-23(9-7-19)15-18-4-3-5-21(14-18)29-17-20(25)16-24-10-12-27-13-11-24/h3-5,14,19-20,25H,2,6-13,15-17H2,1H3/t20-/m1/s1. The van der Waals surface area contributed by atoms with E-state index in [0.717, 1.165) is 64.5 Å².